The van der Waals surface area contributed by atoms with E-state index in [0.717, 1.165) is 51.0 Å². The van der Waals surface area contributed by atoms with Crippen LogP contribution in [-0.4, -0.2) is 48.7 Å². The van der Waals surface area contributed by atoms with Crippen LogP contribution in [0.25, 0.3) is 0 Å². The van der Waals surface area contributed by atoms with Crippen LogP contribution < -0.4 is 10.2 Å². The molecular weight excluding hydrogens is 304 g/mol. The highest BCUT2D eigenvalue weighted by atomic mass is 16.5. The summed E-state index contributed by atoms with van der Waals surface area (Å²) in [5, 5.41) is 3.33. The lowest BCUT2D eigenvalue weighted by molar-refractivity contribution is -0.141. The van der Waals surface area contributed by atoms with Crippen molar-refractivity contribution in [3.8, 4) is 0 Å². The van der Waals surface area contributed by atoms with Crippen molar-refractivity contribution in [1.29, 1.82) is 0 Å². The quantitative estimate of drug-likeness (QED) is 0.827. The molecule has 24 heavy (non-hydrogen) atoms. The lowest BCUT2D eigenvalue weighted by Gasteiger charge is -2.40. The largest absolute Gasteiger partial charge is 0.384 e. The summed E-state index contributed by atoms with van der Waals surface area (Å²) in [6.45, 7) is 4.45. The van der Waals surface area contributed by atoms with Gasteiger partial charge in [-0.2, -0.15) is 0 Å². The van der Waals surface area contributed by atoms with Gasteiger partial charge in [-0.05, 0) is 25.2 Å². The second-order valence-electron chi connectivity index (χ2n) is 7.16. The zero-order valence-electron chi connectivity index (χ0n) is 14.7. The van der Waals surface area contributed by atoms with Crippen molar-refractivity contribution in [1.82, 2.24) is 15.3 Å². The van der Waals surface area contributed by atoms with Gasteiger partial charge >= 0.3 is 0 Å². The minimum absolute atomic E-state index is 0.169. The predicted octanol–water partition coefficient (Wildman–Crippen LogP) is 2.01. The van der Waals surface area contributed by atoms with Crippen molar-refractivity contribution in [3.63, 3.8) is 0 Å². The van der Waals surface area contributed by atoms with Crippen molar-refractivity contribution in [2.24, 2.45) is 11.3 Å². The Morgan fingerprint density at radius 2 is 2.25 bits per heavy atom. The summed E-state index contributed by atoms with van der Waals surface area (Å²) >= 11 is 0. The summed E-state index contributed by atoms with van der Waals surface area (Å²) in [7, 11) is 1.68. The van der Waals surface area contributed by atoms with E-state index < -0.39 is 0 Å². The molecule has 6 heteroatoms. The number of nitrogens with one attached hydrogen (secondary N) is 1. The van der Waals surface area contributed by atoms with Crippen molar-refractivity contribution < 1.29 is 9.53 Å². The second-order valence-corrected chi connectivity index (χ2v) is 7.16. The van der Waals surface area contributed by atoms with E-state index in [2.05, 4.69) is 27.1 Å². The van der Waals surface area contributed by atoms with Gasteiger partial charge in [0.2, 0.25) is 5.91 Å². The molecule has 0 bridgehead atoms. The Hall–Kier alpha value is -1.69. The zero-order valence-corrected chi connectivity index (χ0v) is 14.7. The molecule has 0 spiro atoms. The first-order valence-corrected chi connectivity index (χ1v) is 8.99. The van der Waals surface area contributed by atoms with Crippen LogP contribution in [0.2, 0.25) is 0 Å². The molecule has 0 unspecified atom stereocenters. The monoisotopic (exact) mass is 332 g/mol. The molecule has 1 N–H and O–H groups in total. The van der Waals surface area contributed by atoms with Gasteiger partial charge in [-0.25, -0.2) is 4.98 Å². The van der Waals surface area contributed by atoms with Gasteiger partial charge < -0.3 is 15.0 Å². The van der Waals surface area contributed by atoms with Crippen LogP contribution in [0, 0.1) is 11.3 Å². The van der Waals surface area contributed by atoms with Gasteiger partial charge in [-0.1, -0.05) is 19.8 Å². The predicted molar refractivity (Wildman–Crippen MR) is 92.7 cm³/mol. The van der Waals surface area contributed by atoms with Crippen LogP contribution in [-0.2, 0) is 9.53 Å². The summed E-state index contributed by atoms with van der Waals surface area (Å²) in [5.74, 6) is 1.52. The molecule has 132 valence electrons. The van der Waals surface area contributed by atoms with Crippen molar-refractivity contribution >= 4 is 11.7 Å². The first-order chi connectivity index (χ1) is 11.7. The SMILES string of the molecule is CCC[C@H]1CN(c2cnccn2)C[C@@H]1NC(=O)C1(COC)CCC1. The normalized spacial score (nSPS) is 25.3. The minimum Gasteiger partial charge on any atom is -0.384 e. The molecule has 0 radical (unpaired) electrons. The number of hydrogen-bond donors (Lipinski definition) is 1. The van der Waals surface area contributed by atoms with E-state index in [1.165, 1.54) is 0 Å². The molecule has 2 heterocycles. The Morgan fingerprint density at radius 1 is 1.42 bits per heavy atom. The van der Waals surface area contributed by atoms with E-state index in [1.807, 2.05) is 0 Å². The van der Waals surface area contributed by atoms with E-state index in [1.54, 1.807) is 25.7 Å². The maximum atomic E-state index is 12.8. The molecule has 2 atom stereocenters. The average molecular weight is 332 g/mol. The van der Waals surface area contributed by atoms with Crippen LogP contribution in [0.1, 0.15) is 39.0 Å². The molecule has 2 fully saturated rings. The van der Waals surface area contributed by atoms with Crippen molar-refractivity contribution in [3.05, 3.63) is 18.6 Å². The molecule has 1 amide bonds. The highest BCUT2D eigenvalue weighted by Crippen LogP contribution is 2.41. The number of rotatable bonds is 7. The average Bonchev–Trinajstić information content (AvgIpc) is 2.95. The summed E-state index contributed by atoms with van der Waals surface area (Å²) in [5.41, 5.74) is -0.300. The van der Waals surface area contributed by atoms with Gasteiger partial charge in [0.05, 0.1) is 24.3 Å². The molecule has 1 aromatic rings. The van der Waals surface area contributed by atoms with E-state index in [0.29, 0.717) is 12.5 Å². The van der Waals surface area contributed by atoms with Crippen LogP contribution in [0.3, 0.4) is 0 Å². The van der Waals surface area contributed by atoms with Crippen LogP contribution in [0.15, 0.2) is 18.6 Å². The number of amides is 1. The number of carbonyl (C=O) groups excluding carboxylic acids is 1. The fourth-order valence-electron chi connectivity index (χ4n) is 3.98. The fourth-order valence-corrected chi connectivity index (χ4v) is 3.98. The Morgan fingerprint density at radius 3 is 2.83 bits per heavy atom. The highest BCUT2D eigenvalue weighted by Gasteiger charge is 2.46. The Labute approximate surface area is 144 Å². The molecule has 1 aliphatic heterocycles. The number of aromatic nitrogens is 2. The van der Waals surface area contributed by atoms with Crippen LogP contribution in [0.5, 0.6) is 0 Å². The van der Waals surface area contributed by atoms with Crippen LogP contribution >= 0.6 is 0 Å². The Balaban J connectivity index is 1.67. The third kappa shape index (κ3) is 3.38. The maximum Gasteiger partial charge on any atom is 0.228 e. The second kappa shape index (κ2) is 7.47. The smallest absolute Gasteiger partial charge is 0.228 e. The first kappa shape index (κ1) is 17.1. The van der Waals surface area contributed by atoms with Crippen molar-refractivity contribution in [2.75, 3.05) is 31.7 Å². The molecule has 3 rings (SSSR count). The zero-order chi connectivity index (χ0) is 17.0. The lowest BCUT2D eigenvalue weighted by Crippen LogP contribution is -2.53. The molecule has 2 aliphatic rings. The Bertz CT molecular complexity index is 547. The van der Waals surface area contributed by atoms with Gasteiger partial charge in [-0.15, -0.1) is 0 Å². The summed E-state index contributed by atoms with van der Waals surface area (Å²) in [6.07, 6.45) is 10.4. The molecule has 1 saturated carbocycles. The van der Waals surface area contributed by atoms with Crippen molar-refractivity contribution in [2.45, 2.75) is 45.1 Å². The fraction of sp³-hybridized carbons (Fsp3) is 0.722. The summed E-state index contributed by atoms with van der Waals surface area (Å²) < 4.78 is 5.31. The maximum absolute atomic E-state index is 12.8. The third-order valence-electron chi connectivity index (χ3n) is 5.50. The number of ether oxygens (including phenoxy) is 1. The van der Waals surface area contributed by atoms with Gasteiger partial charge in [0.15, 0.2) is 0 Å². The highest BCUT2D eigenvalue weighted by molar-refractivity contribution is 5.84. The number of methoxy groups -OCH3 is 1. The number of carbonyl (C=O) groups is 1. The molecule has 1 aliphatic carbocycles. The third-order valence-corrected chi connectivity index (χ3v) is 5.50. The van der Waals surface area contributed by atoms with Crippen LogP contribution in [0.4, 0.5) is 5.82 Å². The van der Waals surface area contributed by atoms with Gasteiger partial charge in [-0.3, -0.25) is 9.78 Å². The van der Waals surface area contributed by atoms with Gasteiger partial charge in [0.25, 0.3) is 0 Å². The number of anilines is 1. The topological polar surface area (TPSA) is 67.4 Å². The van der Waals surface area contributed by atoms with E-state index in [-0.39, 0.29) is 17.4 Å². The summed E-state index contributed by atoms with van der Waals surface area (Å²) in [4.78, 5) is 23.7. The van der Waals surface area contributed by atoms with Gasteiger partial charge in [0, 0.05) is 32.6 Å². The van der Waals surface area contributed by atoms with Gasteiger partial charge in [0.1, 0.15) is 5.82 Å². The summed E-state index contributed by atoms with van der Waals surface area (Å²) in [6, 6.07) is 0.175. The molecule has 0 aromatic carbocycles. The molecule has 1 saturated heterocycles. The van der Waals surface area contributed by atoms with E-state index in [4.69, 9.17) is 4.74 Å². The standard InChI is InChI=1S/C18H28N4O2/c1-3-5-14-11-22(16-10-19-8-9-20-16)12-15(14)21-17(23)18(13-24-2)6-4-7-18/h8-10,14-15H,3-7,11-13H2,1-2H3,(H,21,23)/t14-,15-/m0/s1. The number of hydrogen-bond acceptors (Lipinski definition) is 5. The van der Waals surface area contributed by atoms with E-state index in [9.17, 15) is 4.79 Å². The number of nitrogens with zero attached hydrogens (tertiary/aromatic N) is 3. The lowest BCUT2D eigenvalue weighted by atomic mass is 9.68. The molecule has 1 aromatic heterocycles. The molecular formula is C18H28N4O2. The first-order valence-electron chi connectivity index (χ1n) is 8.99. The van der Waals surface area contributed by atoms with E-state index >= 15 is 0 Å². The molecule has 6 nitrogen and oxygen atoms in total. The minimum atomic E-state index is -0.300. The Kier molecular flexibility index (Phi) is 5.33.